The number of hydrogen-bond acceptors (Lipinski definition) is 4. The van der Waals surface area contributed by atoms with Crippen LogP contribution in [0.5, 0.6) is 0 Å². The maximum absolute atomic E-state index is 12.1. The minimum absolute atomic E-state index is 0.0372. The van der Waals surface area contributed by atoms with E-state index in [0.717, 1.165) is 44.9 Å². The number of nitrogens with zero attached hydrogens (tertiary/aromatic N) is 2. The molecule has 1 aliphatic heterocycles. The molecule has 0 spiro atoms. The van der Waals surface area contributed by atoms with E-state index in [2.05, 4.69) is 17.6 Å². The molecule has 0 radical (unpaired) electrons. The highest BCUT2D eigenvalue weighted by Crippen LogP contribution is 2.23. The highest BCUT2D eigenvalue weighted by molar-refractivity contribution is 5.81. The molecule has 0 aromatic carbocycles. The molecule has 22 heavy (non-hydrogen) atoms. The lowest BCUT2D eigenvalue weighted by Crippen LogP contribution is -2.50. The molecule has 6 nitrogen and oxygen atoms in total. The van der Waals surface area contributed by atoms with Crippen molar-refractivity contribution >= 4 is 11.8 Å². The fraction of sp³-hybridized carbons (Fsp3) is 0.875. The third-order valence-corrected chi connectivity index (χ3v) is 4.67. The van der Waals surface area contributed by atoms with Crippen LogP contribution in [-0.2, 0) is 9.59 Å². The average Bonchev–Trinajstić information content (AvgIpc) is 2.50. The van der Waals surface area contributed by atoms with Crippen molar-refractivity contribution in [1.82, 2.24) is 20.4 Å². The number of carbonyl (C=O) groups excluding carboxylic acids is 2. The third-order valence-electron chi connectivity index (χ3n) is 4.67. The van der Waals surface area contributed by atoms with Gasteiger partial charge in [0.15, 0.2) is 0 Å². The summed E-state index contributed by atoms with van der Waals surface area (Å²) in [5.41, 5.74) is 0. The van der Waals surface area contributed by atoms with Gasteiger partial charge in [0.25, 0.3) is 0 Å². The maximum Gasteiger partial charge on any atom is 0.236 e. The molecular formula is C16H30N4O2. The predicted octanol–water partition coefficient (Wildman–Crippen LogP) is 0.0449. The zero-order valence-corrected chi connectivity index (χ0v) is 13.9. The first kappa shape index (κ1) is 17.2. The zero-order chi connectivity index (χ0) is 15.9. The topological polar surface area (TPSA) is 64.7 Å². The Morgan fingerprint density at radius 2 is 1.77 bits per heavy atom. The minimum atomic E-state index is 0.0372. The fourth-order valence-corrected chi connectivity index (χ4v) is 3.22. The van der Waals surface area contributed by atoms with Gasteiger partial charge in [-0.05, 0) is 38.6 Å². The van der Waals surface area contributed by atoms with E-state index < -0.39 is 0 Å². The first-order valence-corrected chi connectivity index (χ1v) is 8.51. The van der Waals surface area contributed by atoms with E-state index in [1.165, 1.54) is 12.8 Å². The fourth-order valence-electron chi connectivity index (χ4n) is 3.22. The number of likely N-dealkylation sites (N-methyl/N-ethyl adjacent to an activating group) is 1. The normalized spacial score (nSPS) is 26.0. The molecule has 0 unspecified atom stereocenters. The lowest BCUT2D eigenvalue weighted by atomic mass is 9.87. The van der Waals surface area contributed by atoms with Crippen molar-refractivity contribution in [3.63, 3.8) is 0 Å². The van der Waals surface area contributed by atoms with Crippen molar-refractivity contribution < 1.29 is 9.59 Å². The second-order valence-corrected chi connectivity index (χ2v) is 6.83. The number of amides is 2. The van der Waals surface area contributed by atoms with Gasteiger partial charge in [0.1, 0.15) is 0 Å². The molecule has 2 fully saturated rings. The summed E-state index contributed by atoms with van der Waals surface area (Å²) in [7, 11) is 1.84. The molecule has 6 heteroatoms. The molecule has 0 atom stereocenters. The van der Waals surface area contributed by atoms with Crippen LogP contribution in [0, 0.1) is 5.92 Å². The Balaban J connectivity index is 1.66. The van der Waals surface area contributed by atoms with E-state index in [0.29, 0.717) is 19.1 Å². The Kier molecular flexibility index (Phi) is 6.64. The Hall–Kier alpha value is -1.14. The second kappa shape index (κ2) is 8.48. The van der Waals surface area contributed by atoms with Crippen molar-refractivity contribution in [2.24, 2.45) is 5.92 Å². The van der Waals surface area contributed by atoms with Crippen LogP contribution in [-0.4, -0.2) is 74.0 Å². The van der Waals surface area contributed by atoms with Crippen LogP contribution < -0.4 is 10.6 Å². The van der Waals surface area contributed by atoms with Crippen molar-refractivity contribution in [3.8, 4) is 0 Å². The van der Waals surface area contributed by atoms with Crippen LogP contribution in [0.25, 0.3) is 0 Å². The summed E-state index contributed by atoms with van der Waals surface area (Å²) in [6.07, 6.45) is 4.55. The first-order chi connectivity index (χ1) is 10.5. The van der Waals surface area contributed by atoms with Crippen molar-refractivity contribution in [2.45, 2.75) is 38.6 Å². The molecule has 2 amide bonds. The van der Waals surface area contributed by atoms with E-state index in [1.54, 1.807) is 0 Å². The van der Waals surface area contributed by atoms with Gasteiger partial charge in [-0.15, -0.1) is 0 Å². The quantitative estimate of drug-likeness (QED) is 0.753. The summed E-state index contributed by atoms with van der Waals surface area (Å²) < 4.78 is 0. The van der Waals surface area contributed by atoms with Crippen LogP contribution in [0.4, 0.5) is 0 Å². The van der Waals surface area contributed by atoms with E-state index in [9.17, 15) is 9.59 Å². The number of rotatable bonds is 5. The molecule has 1 saturated heterocycles. The van der Waals surface area contributed by atoms with E-state index >= 15 is 0 Å². The van der Waals surface area contributed by atoms with Gasteiger partial charge in [0.2, 0.25) is 11.8 Å². The van der Waals surface area contributed by atoms with Gasteiger partial charge >= 0.3 is 0 Å². The van der Waals surface area contributed by atoms with Crippen LogP contribution in [0.2, 0.25) is 0 Å². The molecule has 0 bridgehead atoms. The number of carbonyl (C=O) groups is 2. The Morgan fingerprint density at radius 3 is 2.41 bits per heavy atom. The van der Waals surface area contributed by atoms with E-state index in [4.69, 9.17) is 0 Å². The van der Waals surface area contributed by atoms with Gasteiger partial charge in [-0.3, -0.25) is 14.5 Å². The summed E-state index contributed by atoms with van der Waals surface area (Å²) in [6, 6.07) is 0.320. The van der Waals surface area contributed by atoms with E-state index in [-0.39, 0.29) is 11.8 Å². The molecule has 0 aromatic rings. The minimum Gasteiger partial charge on any atom is -0.352 e. The Bertz CT molecular complexity index is 374. The number of piperazine rings is 1. The van der Waals surface area contributed by atoms with Gasteiger partial charge < -0.3 is 15.5 Å². The molecule has 2 aliphatic rings. The summed E-state index contributed by atoms with van der Waals surface area (Å²) in [6.45, 7) is 6.12. The van der Waals surface area contributed by atoms with Gasteiger partial charge in [-0.1, -0.05) is 6.92 Å². The molecule has 1 aliphatic carbocycles. The molecule has 2 rings (SSSR count). The largest absolute Gasteiger partial charge is 0.352 e. The molecule has 2 N–H and O–H groups in total. The van der Waals surface area contributed by atoms with Gasteiger partial charge in [-0.2, -0.15) is 0 Å². The second-order valence-electron chi connectivity index (χ2n) is 6.83. The van der Waals surface area contributed by atoms with Crippen molar-refractivity contribution in [2.75, 3.05) is 46.3 Å². The molecule has 126 valence electrons. The van der Waals surface area contributed by atoms with Crippen LogP contribution in [0.15, 0.2) is 0 Å². The zero-order valence-electron chi connectivity index (χ0n) is 13.9. The highest BCUT2D eigenvalue weighted by Gasteiger charge is 2.22. The summed E-state index contributed by atoms with van der Waals surface area (Å²) in [4.78, 5) is 27.9. The molecule has 0 aromatic heterocycles. The van der Waals surface area contributed by atoms with Gasteiger partial charge in [-0.25, -0.2) is 0 Å². The van der Waals surface area contributed by atoms with Crippen molar-refractivity contribution in [3.05, 3.63) is 0 Å². The Labute approximate surface area is 133 Å². The SMILES string of the molecule is CC1CCC(NC(=O)CN(C)CC(=O)N2CCNCC2)CC1. The monoisotopic (exact) mass is 310 g/mol. The van der Waals surface area contributed by atoms with Crippen LogP contribution in [0.3, 0.4) is 0 Å². The predicted molar refractivity (Wildman–Crippen MR) is 86.5 cm³/mol. The number of hydrogen-bond donors (Lipinski definition) is 2. The standard InChI is InChI=1S/C16H30N4O2/c1-13-3-5-14(6-4-13)18-15(21)11-19(2)12-16(22)20-9-7-17-8-10-20/h13-14,17H,3-12H2,1-2H3,(H,18,21). The summed E-state index contributed by atoms with van der Waals surface area (Å²) in [5, 5.41) is 6.34. The number of nitrogens with one attached hydrogen (secondary N) is 2. The molecule has 1 heterocycles. The molecule has 1 saturated carbocycles. The molecular weight excluding hydrogens is 280 g/mol. The van der Waals surface area contributed by atoms with Gasteiger partial charge in [0, 0.05) is 32.2 Å². The summed E-state index contributed by atoms with van der Waals surface area (Å²) >= 11 is 0. The first-order valence-electron chi connectivity index (χ1n) is 8.51. The van der Waals surface area contributed by atoms with E-state index in [1.807, 2.05) is 16.8 Å². The smallest absolute Gasteiger partial charge is 0.236 e. The Morgan fingerprint density at radius 1 is 1.14 bits per heavy atom. The average molecular weight is 310 g/mol. The van der Waals surface area contributed by atoms with Crippen molar-refractivity contribution in [1.29, 1.82) is 0 Å². The summed E-state index contributed by atoms with van der Waals surface area (Å²) in [5.74, 6) is 0.936. The maximum atomic E-state index is 12.1. The highest BCUT2D eigenvalue weighted by atomic mass is 16.2. The van der Waals surface area contributed by atoms with Crippen LogP contribution in [0.1, 0.15) is 32.6 Å². The lowest BCUT2D eigenvalue weighted by Gasteiger charge is -2.30. The van der Waals surface area contributed by atoms with Gasteiger partial charge in [0.05, 0.1) is 13.1 Å². The van der Waals surface area contributed by atoms with Crippen LogP contribution >= 0.6 is 0 Å². The third kappa shape index (κ3) is 5.57. The lowest BCUT2D eigenvalue weighted by molar-refractivity contribution is -0.133.